The van der Waals surface area contributed by atoms with Crippen LogP contribution in [0.2, 0.25) is 0 Å². The van der Waals surface area contributed by atoms with Crippen LogP contribution in [0.3, 0.4) is 0 Å². The van der Waals surface area contributed by atoms with Crippen LogP contribution in [0.1, 0.15) is 29.6 Å². The smallest absolute Gasteiger partial charge is 0.367 e. The summed E-state index contributed by atoms with van der Waals surface area (Å²) in [5.41, 5.74) is 0.287. The number of carbonyl (C=O) groups excluding carboxylic acids is 1. The minimum atomic E-state index is -4.41. The van der Waals surface area contributed by atoms with Crippen molar-refractivity contribution in [3.63, 3.8) is 0 Å². The Morgan fingerprint density at radius 2 is 1.97 bits per heavy atom. The van der Waals surface area contributed by atoms with Gasteiger partial charge in [0.15, 0.2) is 5.13 Å². The van der Waals surface area contributed by atoms with Gasteiger partial charge in [-0.15, -0.1) is 11.3 Å². The molecule has 3 N–H and O–H groups in total. The Hall–Kier alpha value is -2.23. The zero-order valence-corrected chi connectivity index (χ0v) is 17.9. The number of anilines is 1. The van der Waals surface area contributed by atoms with Crippen LogP contribution in [0.5, 0.6) is 11.5 Å². The van der Waals surface area contributed by atoms with Gasteiger partial charge in [-0.2, -0.15) is 0 Å². The fourth-order valence-electron chi connectivity index (χ4n) is 2.39. The summed E-state index contributed by atoms with van der Waals surface area (Å²) in [6.07, 6.45) is 1.80. The molecule has 3 aromatic rings. The molecule has 1 amide bonds. The van der Waals surface area contributed by atoms with E-state index >= 15 is 0 Å². The Kier molecular flexibility index (Phi) is 8.57. The molecule has 11 heteroatoms. The second kappa shape index (κ2) is 10.7. The Morgan fingerprint density at radius 3 is 2.57 bits per heavy atom. The van der Waals surface area contributed by atoms with Crippen molar-refractivity contribution in [2.45, 2.75) is 20.8 Å². The summed E-state index contributed by atoms with van der Waals surface area (Å²) >= 11 is 2.38. The maximum Gasteiger partial charge on any atom is 0.367 e. The fraction of sp³-hybridized carbons (Fsp3) is 0.263. The van der Waals surface area contributed by atoms with Crippen LogP contribution < -0.4 is 19.4 Å². The minimum Gasteiger partial charge on any atom is -0.494 e. The number of hydrogen-bond acceptors (Lipinski definition) is 7. The molecule has 1 aromatic carbocycles. The van der Waals surface area contributed by atoms with E-state index in [9.17, 15) is 19.1 Å². The van der Waals surface area contributed by atoms with Crippen LogP contribution in [0, 0.1) is 0 Å². The van der Waals surface area contributed by atoms with E-state index in [1.807, 2.05) is 24.4 Å². The molecule has 0 unspecified atom stereocenters. The van der Waals surface area contributed by atoms with Gasteiger partial charge in [-0.25, -0.2) is 4.98 Å². The van der Waals surface area contributed by atoms with Gasteiger partial charge in [0.1, 0.15) is 16.1 Å². The number of nitrogens with zero attached hydrogens (tertiary/aromatic N) is 1. The van der Waals surface area contributed by atoms with Crippen molar-refractivity contribution in [3.8, 4) is 11.5 Å². The molecule has 0 fully saturated rings. The molecule has 0 saturated carbocycles. The Morgan fingerprint density at radius 1 is 1.23 bits per heavy atom. The highest BCUT2D eigenvalue weighted by molar-refractivity contribution is 7.67. The van der Waals surface area contributed by atoms with E-state index in [0.29, 0.717) is 24.7 Å². The van der Waals surface area contributed by atoms with Crippen LogP contribution in [0.15, 0.2) is 41.9 Å². The summed E-state index contributed by atoms with van der Waals surface area (Å²) in [6.45, 7) is 2.72. The largest absolute Gasteiger partial charge is 0.494 e. The average Bonchev–Trinajstić information content (AvgIpc) is 3.33. The third-order valence-electron chi connectivity index (χ3n) is 3.65. The molecule has 0 saturated heterocycles. The summed E-state index contributed by atoms with van der Waals surface area (Å²) < 4.78 is 22.4. The summed E-state index contributed by atoms with van der Waals surface area (Å²) in [6, 6.07) is 8.88. The molecule has 30 heavy (non-hydrogen) atoms. The van der Waals surface area contributed by atoms with Crippen molar-refractivity contribution in [1.82, 2.24) is 4.98 Å². The van der Waals surface area contributed by atoms with Crippen LogP contribution in [-0.2, 0) is 11.0 Å². The molecule has 3 rings (SSSR count). The number of thiophene rings is 1. The van der Waals surface area contributed by atoms with Gasteiger partial charge in [-0.3, -0.25) is 14.7 Å². The monoisotopic (exact) mass is 470 g/mol. The maximum absolute atomic E-state index is 12.6. The lowest BCUT2D eigenvalue weighted by Gasteiger charge is -2.11. The van der Waals surface area contributed by atoms with Crippen molar-refractivity contribution in [2.75, 3.05) is 18.5 Å². The van der Waals surface area contributed by atoms with Crippen molar-refractivity contribution < 1.29 is 28.6 Å². The number of nitrogens with one attached hydrogen (secondary N) is 1. The number of benzene rings is 1. The van der Waals surface area contributed by atoms with Gasteiger partial charge in [0, 0.05) is 22.9 Å². The molecule has 0 radical (unpaired) electrons. The van der Waals surface area contributed by atoms with E-state index < -0.39 is 13.5 Å². The average molecular weight is 471 g/mol. The highest BCUT2D eigenvalue weighted by Crippen LogP contribution is 2.36. The lowest BCUT2D eigenvalue weighted by atomic mass is 10.2. The van der Waals surface area contributed by atoms with Gasteiger partial charge in [-0.05, 0) is 30.5 Å². The molecule has 0 atom stereocenters. The highest BCUT2D eigenvalue weighted by Gasteiger charge is 2.21. The molecule has 0 spiro atoms. The molecule has 2 aromatic heterocycles. The lowest BCUT2D eigenvalue weighted by Crippen LogP contribution is -2.12. The molecule has 0 bridgehead atoms. The van der Waals surface area contributed by atoms with Crippen LogP contribution in [-0.4, -0.2) is 33.9 Å². The van der Waals surface area contributed by atoms with Gasteiger partial charge in [0.05, 0.1) is 19.4 Å². The minimum absolute atomic E-state index is 0. The highest BCUT2D eigenvalue weighted by atomic mass is 32.1. The van der Waals surface area contributed by atoms with Crippen molar-refractivity contribution in [2.24, 2.45) is 0 Å². The number of rotatable bonds is 9. The number of thiazole rings is 1. The first kappa shape index (κ1) is 24.0. The maximum atomic E-state index is 12.6. The Labute approximate surface area is 182 Å². The van der Waals surface area contributed by atoms with Crippen LogP contribution in [0.4, 0.5) is 5.13 Å². The summed E-state index contributed by atoms with van der Waals surface area (Å²) in [4.78, 5) is 36.0. The SMILES string of the molecule is C.CCOc1cc(OCCc2cccs2)cc(C(=O)Nc2ncc(P(=O)(O)O)s2)c1. The van der Waals surface area contributed by atoms with E-state index in [2.05, 4.69) is 10.3 Å². The third-order valence-corrected chi connectivity index (χ3v) is 6.98. The first-order valence-corrected chi connectivity index (χ1v) is 11.9. The zero-order chi connectivity index (χ0) is 20.9. The lowest BCUT2D eigenvalue weighted by molar-refractivity contribution is 0.102. The van der Waals surface area contributed by atoms with Crippen molar-refractivity contribution in [3.05, 3.63) is 52.3 Å². The molecule has 0 aliphatic rings. The molecule has 0 aliphatic heterocycles. The molecule has 0 aliphatic carbocycles. The topological polar surface area (TPSA) is 118 Å². The van der Waals surface area contributed by atoms with Gasteiger partial charge in [0.25, 0.3) is 5.91 Å². The van der Waals surface area contributed by atoms with E-state index in [1.165, 1.54) is 4.88 Å². The second-order valence-corrected chi connectivity index (χ2v) is 9.74. The summed E-state index contributed by atoms with van der Waals surface area (Å²) in [5, 5.41) is 4.64. The predicted molar refractivity (Wildman–Crippen MR) is 120 cm³/mol. The third kappa shape index (κ3) is 6.65. The molecular formula is C19H23N2O6PS2. The zero-order valence-electron chi connectivity index (χ0n) is 15.4. The molecule has 2 heterocycles. The first-order chi connectivity index (χ1) is 13.8. The van der Waals surface area contributed by atoms with Crippen molar-refractivity contribution >= 4 is 45.9 Å². The second-order valence-electron chi connectivity index (χ2n) is 5.81. The van der Waals surface area contributed by atoms with Crippen molar-refractivity contribution in [1.29, 1.82) is 0 Å². The summed E-state index contributed by atoms with van der Waals surface area (Å²) in [5.74, 6) is 0.496. The van der Waals surface area contributed by atoms with Gasteiger partial charge in [-0.1, -0.05) is 24.8 Å². The number of carbonyl (C=O) groups is 1. The van der Waals surface area contributed by atoms with Gasteiger partial charge >= 0.3 is 7.60 Å². The first-order valence-electron chi connectivity index (χ1n) is 8.61. The van der Waals surface area contributed by atoms with E-state index in [4.69, 9.17) is 9.47 Å². The normalized spacial score (nSPS) is 10.9. The molecule has 162 valence electrons. The van der Waals surface area contributed by atoms with E-state index in [-0.39, 0.29) is 22.7 Å². The number of aromatic nitrogens is 1. The van der Waals surface area contributed by atoms with E-state index in [0.717, 1.165) is 24.0 Å². The molecular weight excluding hydrogens is 447 g/mol. The number of amides is 1. The van der Waals surface area contributed by atoms with E-state index in [1.54, 1.807) is 29.5 Å². The predicted octanol–water partition coefficient (Wildman–Crippen LogP) is 3.92. The number of hydrogen-bond donors (Lipinski definition) is 3. The Balaban J connectivity index is 0.00000320. The fourth-order valence-corrected chi connectivity index (χ4v) is 4.57. The number of ether oxygens (including phenoxy) is 2. The summed E-state index contributed by atoms with van der Waals surface area (Å²) in [7, 11) is -4.41. The quantitative estimate of drug-likeness (QED) is 0.406. The molecule has 8 nitrogen and oxygen atoms in total. The standard InChI is InChI=1S/C18H19N2O6PS2.CH4/c1-2-25-13-8-12(9-14(10-13)26-6-5-15-4-3-7-28-15)17(21)20-18-19-11-16(29-18)27(22,23)24;/h3-4,7-11H,2,5-6H2,1H3,(H,19,20,21)(H2,22,23,24);1H4. The Bertz CT molecular complexity index is 1020. The van der Waals surface area contributed by atoms with Gasteiger partial charge < -0.3 is 19.3 Å². The van der Waals surface area contributed by atoms with Crippen LogP contribution >= 0.6 is 30.3 Å². The van der Waals surface area contributed by atoms with Gasteiger partial charge in [0.2, 0.25) is 0 Å². The van der Waals surface area contributed by atoms with Crippen LogP contribution in [0.25, 0.3) is 0 Å².